The minimum Gasteiger partial charge on any atom is -0.403 e. The molecule has 154 valence electrons. The van der Waals surface area contributed by atoms with Gasteiger partial charge in [-0.25, -0.2) is 10.8 Å². The Bertz CT molecular complexity index is 1080. The van der Waals surface area contributed by atoms with Gasteiger partial charge in [0.15, 0.2) is 0 Å². The molecule has 7 nitrogen and oxygen atoms in total. The van der Waals surface area contributed by atoms with Crippen molar-refractivity contribution in [1.82, 2.24) is 19.7 Å². The third-order valence-electron chi connectivity index (χ3n) is 4.59. The number of nitrogens with zero attached hydrogens (tertiary/aromatic N) is 2. The molecule has 2 aromatic heterocycles. The van der Waals surface area contributed by atoms with Gasteiger partial charge in [0.05, 0.1) is 6.54 Å². The summed E-state index contributed by atoms with van der Waals surface area (Å²) in [6, 6.07) is 12.5. The molecule has 8 N–H and O–H groups in total. The number of nitrogens with one attached hydrogen (secondary N) is 2. The van der Waals surface area contributed by atoms with Crippen molar-refractivity contribution in [2.45, 2.75) is 17.9 Å². The molecular weight excluding hydrogens is 382 g/mol. The van der Waals surface area contributed by atoms with Crippen LogP contribution in [0.1, 0.15) is 12.1 Å². The topological polar surface area (TPSA) is 122 Å². The van der Waals surface area contributed by atoms with Gasteiger partial charge in [-0.3, -0.25) is 4.72 Å². The largest absolute Gasteiger partial charge is 0.403 e. The van der Waals surface area contributed by atoms with E-state index in [0.29, 0.717) is 13.1 Å². The second kappa shape index (κ2) is 9.15. The number of nitrogens with two attached hydrogens (primary N) is 3. The summed E-state index contributed by atoms with van der Waals surface area (Å²) in [6.45, 7) is 1.98. The summed E-state index contributed by atoms with van der Waals surface area (Å²) in [5.74, 6) is 14.5. The van der Waals surface area contributed by atoms with E-state index >= 15 is 0 Å². The summed E-state index contributed by atoms with van der Waals surface area (Å²) in [7, 11) is -1.55. The molecule has 0 aliphatic carbocycles. The van der Waals surface area contributed by atoms with Crippen LogP contribution in [0.4, 0.5) is 0 Å². The Kier molecular flexibility index (Phi) is 6.60. The van der Waals surface area contributed by atoms with Crippen molar-refractivity contribution >= 4 is 32.2 Å². The van der Waals surface area contributed by atoms with Gasteiger partial charge < -0.3 is 21.5 Å². The molecule has 0 atom stereocenters. The predicted octanol–water partition coefficient (Wildman–Crippen LogP) is 2.22. The third-order valence-corrected chi connectivity index (χ3v) is 6.53. The molecule has 8 heteroatoms. The Morgan fingerprint density at radius 3 is 2.66 bits per heavy atom. The van der Waals surface area contributed by atoms with Crippen molar-refractivity contribution in [3.63, 3.8) is 0 Å². The first-order valence-corrected chi connectivity index (χ1v) is 11.3. The van der Waals surface area contributed by atoms with Gasteiger partial charge in [0, 0.05) is 41.1 Å². The van der Waals surface area contributed by atoms with Gasteiger partial charge in [-0.15, -0.1) is 9.39 Å². The van der Waals surface area contributed by atoms with E-state index in [1.54, 1.807) is 12.4 Å². The predicted molar refractivity (Wildman–Crippen MR) is 126 cm³/mol. The molecule has 0 aliphatic rings. The van der Waals surface area contributed by atoms with Crippen LogP contribution in [0, 0.1) is 0 Å². The van der Waals surface area contributed by atoms with Crippen LogP contribution in [-0.2, 0) is 6.54 Å². The monoisotopic (exact) mass is 411 g/mol. The Morgan fingerprint density at radius 1 is 1.21 bits per heavy atom. The maximum atomic E-state index is 5.89. The Hall–Kier alpha value is -2.78. The molecule has 0 amide bonds. The van der Waals surface area contributed by atoms with Gasteiger partial charge >= 0.3 is 0 Å². The summed E-state index contributed by atoms with van der Waals surface area (Å²) < 4.78 is 3.43. The standard InChI is InChI=1S/C21H29N7S/c1-29(2,26-11-3-9-22)18-6-4-16(5-7-18)19-8-12-25-21-20(19)14-17(27-21)15-28(24)13-10-23/h4-8,10,12-14,26H,1-3,9,11,15,22-24H2,(H,25,27)/b13-10-. The number of fused-ring (bicyclic) bond motifs is 1. The quantitative estimate of drug-likeness (QED) is 0.159. The highest BCUT2D eigenvalue weighted by atomic mass is 32.2. The fraction of sp³-hybridized carbons (Fsp3) is 0.190. The van der Waals surface area contributed by atoms with Gasteiger partial charge in [0.1, 0.15) is 5.65 Å². The molecular formula is C21H29N7S. The lowest BCUT2D eigenvalue weighted by atomic mass is 10.0. The number of aromatic amines is 1. The van der Waals surface area contributed by atoms with E-state index in [1.165, 1.54) is 11.2 Å². The van der Waals surface area contributed by atoms with Gasteiger partial charge in [0.25, 0.3) is 0 Å². The van der Waals surface area contributed by atoms with Crippen molar-refractivity contribution in [3.8, 4) is 11.1 Å². The van der Waals surface area contributed by atoms with Crippen LogP contribution >= 0.6 is 9.39 Å². The Balaban J connectivity index is 1.87. The fourth-order valence-electron chi connectivity index (χ4n) is 3.13. The molecule has 29 heavy (non-hydrogen) atoms. The number of benzene rings is 1. The molecule has 0 fully saturated rings. The molecule has 0 spiro atoms. The summed E-state index contributed by atoms with van der Waals surface area (Å²) >= 11 is 0. The van der Waals surface area contributed by atoms with Gasteiger partial charge in [0.2, 0.25) is 0 Å². The maximum Gasteiger partial charge on any atom is 0.138 e. The van der Waals surface area contributed by atoms with E-state index in [0.717, 1.165) is 45.7 Å². The van der Waals surface area contributed by atoms with Crippen LogP contribution in [-0.4, -0.2) is 39.8 Å². The molecule has 0 bridgehead atoms. The van der Waals surface area contributed by atoms with Crippen LogP contribution in [0.15, 0.2) is 59.9 Å². The van der Waals surface area contributed by atoms with Crippen molar-refractivity contribution < 1.29 is 0 Å². The number of H-pyrrole nitrogens is 1. The van der Waals surface area contributed by atoms with Crippen LogP contribution in [0.5, 0.6) is 0 Å². The van der Waals surface area contributed by atoms with Gasteiger partial charge in [-0.05, 0) is 48.4 Å². The van der Waals surface area contributed by atoms with Crippen molar-refractivity contribution in [1.29, 1.82) is 0 Å². The lowest BCUT2D eigenvalue weighted by molar-refractivity contribution is 0.382. The van der Waals surface area contributed by atoms with E-state index in [4.69, 9.17) is 17.3 Å². The number of hydrogen-bond donors (Lipinski definition) is 5. The van der Waals surface area contributed by atoms with Crippen molar-refractivity contribution in [2.75, 3.05) is 13.1 Å². The first kappa shape index (κ1) is 20.9. The highest BCUT2D eigenvalue weighted by molar-refractivity contribution is 8.26. The van der Waals surface area contributed by atoms with Crippen LogP contribution in [0.25, 0.3) is 22.2 Å². The SMILES string of the molecule is C=S(=C)(NCCCN)c1ccc(-c2ccnc3[nH]c(CN(N)/C=C\N)cc23)cc1. The summed E-state index contributed by atoms with van der Waals surface area (Å²) in [5.41, 5.74) is 15.0. The van der Waals surface area contributed by atoms with E-state index in [9.17, 15) is 0 Å². The summed E-state index contributed by atoms with van der Waals surface area (Å²) in [6.07, 6.45) is 5.74. The smallest absolute Gasteiger partial charge is 0.138 e. The number of aromatic nitrogens is 2. The highest BCUT2D eigenvalue weighted by Gasteiger charge is 2.10. The molecule has 1 aromatic carbocycles. The van der Waals surface area contributed by atoms with Crippen molar-refractivity contribution in [3.05, 3.63) is 60.7 Å². The molecule has 2 heterocycles. The zero-order valence-corrected chi connectivity index (χ0v) is 17.3. The molecule has 0 unspecified atom stereocenters. The number of hydrazine groups is 1. The molecule has 3 aromatic rings. The molecule has 0 radical (unpaired) electrons. The average Bonchev–Trinajstić information content (AvgIpc) is 3.10. The van der Waals surface area contributed by atoms with Crippen molar-refractivity contribution in [2.24, 2.45) is 17.3 Å². The van der Waals surface area contributed by atoms with Crippen LogP contribution in [0.2, 0.25) is 0 Å². The summed E-state index contributed by atoms with van der Waals surface area (Å²) in [5, 5.41) is 2.56. The van der Waals surface area contributed by atoms with E-state index in [-0.39, 0.29) is 0 Å². The Labute approximate surface area is 172 Å². The molecule has 0 saturated heterocycles. The minimum atomic E-state index is -1.55. The lowest BCUT2D eigenvalue weighted by Crippen LogP contribution is -2.24. The van der Waals surface area contributed by atoms with E-state index in [1.807, 2.05) is 6.07 Å². The number of pyridine rings is 1. The van der Waals surface area contributed by atoms with Crippen LogP contribution < -0.4 is 22.0 Å². The third kappa shape index (κ3) is 4.99. The van der Waals surface area contributed by atoms with Gasteiger partial charge in [-0.2, -0.15) is 0 Å². The second-order valence-electron chi connectivity index (χ2n) is 6.87. The molecule has 0 saturated carbocycles. The van der Waals surface area contributed by atoms with Crippen LogP contribution in [0.3, 0.4) is 0 Å². The lowest BCUT2D eigenvalue weighted by Gasteiger charge is -2.17. The zero-order valence-electron chi connectivity index (χ0n) is 16.5. The normalized spacial score (nSPS) is 12.1. The minimum absolute atomic E-state index is 0.506. The number of rotatable bonds is 9. The molecule has 0 aliphatic heterocycles. The fourth-order valence-corrected chi connectivity index (χ4v) is 4.48. The number of hydrogen-bond acceptors (Lipinski definition) is 6. The molecule has 3 rings (SSSR count). The Morgan fingerprint density at radius 2 is 1.97 bits per heavy atom. The van der Waals surface area contributed by atoms with E-state index in [2.05, 4.69) is 56.8 Å². The zero-order chi connectivity index (χ0) is 20.9. The second-order valence-corrected chi connectivity index (χ2v) is 9.40. The maximum absolute atomic E-state index is 5.89. The first-order valence-electron chi connectivity index (χ1n) is 9.35. The van der Waals surface area contributed by atoms with E-state index < -0.39 is 9.39 Å². The first-order chi connectivity index (χ1) is 13.9. The average molecular weight is 412 g/mol. The summed E-state index contributed by atoms with van der Waals surface area (Å²) in [4.78, 5) is 8.86. The highest BCUT2D eigenvalue weighted by Crippen LogP contribution is 2.32. The van der Waals surface area contributed by atoms with Gasteiger partial charge in [-0.1, -0.05) is 23.9 Å².